The topological polar surface area (TPSA) is 51.6 Å². The summed E-state index contributed by atoms with van der Waals surface area (Å²) in [6, 6.07) is 7.91. The average molecular weight is 343 g/mol. The third kappa shape index (κ3) is 2.28. The van der Waals surface area contributed by atoms with E-state index in [0.717, 1.165) is 23.1 Å². The number of thiazole rings is 1. The predicted octanol–water partition coefficient (Wildman–Crippen LogP) is 2.62. The Bertz CT molecular complexity index is 772. The first kappa shape index (κ1) is 16.3. The highest BCUT2D eigenvalue weighted by Gasteiger charge is 2.52. The molecule has 4 rings (SSSR count). The van der Waals surface area contributed by atoms with Gasteiger partial charge in [0.15, 0.2) is 0 Å². The Morgan fingerprint density at radius 3 is 2.58 bits per heavy atom. The molecule has 1 saturated heterocycles. The summed E-state index contributed by atoms with van der Waals surface area (Å²) in [5, 5.41) is 11.2. The molecule has 1 atom stereocenters. The van der Waals surface area contributed by atoms with Crippen molar-refractivity contribution in [2.24, 2.45) is 0 Å². The van der Waals surface area contributed by atoms with E-state index >= 15 is 0 Å². The molecule has 0 spiro atoms. The Hall–Kier alpha value is -1.21. The lowest BCUT2D eigenvalue weighted by atomic mass is 9.76. The molecule has 24 heavy (non-hydrogen) atoms. The van der Waals surface area contributed by atoms with E-state index in [1.807, 2.05) is 57.5 Å². The van der Waals surface area contributed by atoms with Gasteiger partial charge < -0.3 is 14.4 Å². The van der Waals surface area contributed by atoms with Crippen molar-refractivity contribution in [3.8, 4) is 0 Å². The third-order valence-electron chi connectivity index (χ3n) is 5.64. The average Bonchev–Trinajstić information content (AvgIpc) is 3.16. The largest absolute Gasteiger partial charge is 0.494 e. The van der Waals surface area contributed by atoms with Crippen molar-refractivity contribution in [3.63, 3.8) is 0 Å². The van der Waals surface area contributed by atoms with E-state index in [1.165, 1.54) is 4.88 Å². The van der Waals surface area contributed by atoms with E-state index in [2.05, 4.69) is 4.98 Å². The molecule has 1 N–H and O–H groups in total. The SMILES string of the molecule is CC1(C)OB(c2cccc(C3(O)CCc4scnc43)c2)OC1(C)C. The first-order valence-electron chi connectivity index (χ1n) is 8.34. The summed E-state index contributed by atoms with van der Waals surface area (Å²) in [5.74, 6) is 0. The number of benzene rings is 1. The van der Waals surface area contributed by atoms with Crippen LogP contribution < -0.4 is 5.46 Å². The fraction of sp³-hybridized carbons (Fsp3) is 0.500. The number of fused-ring (bicyclic) bond motifs is 1. The lowest BCUT2D eigenvalue weighted by molar-refractivity contribution is 0.00578. The fourth-order valence-electron chi connectivity index (χ4n) is 3.40. The van der Waals surface area contributed by atoms with E-state index in [-0.39, 0.29) is 11.2 Å². The maximum absolute atomic E-state index is 11.2. The van der Waals surface area contributed by atoms with Gasteiger partial charge in [-0.15, -0.1) is 11.3 Å². The van der Waals surface area contributed by atoms with Crippen molar-refractivity contribution in [1.29, 1.82) is 0 Å². The number of hydrogen-bond donors (Lipinski definition) is 1. The quantitative estimate of drug-likeness (QED) is 0.852. The Kier molecular flexibility index (Phi) is 3.49. The van der Waals surface area contributed by atoms with Gasteiger partial charge in [0, 0.05) is 4.88 Å². The van der Waals surface area contributed by atoms with Crippen LogP contribution in [0.15, 0.2) is 29.8 Å². The van der Waals surface area contributed by atoms with Gasteiger partial charge in [-0.1, -0.05) is 24.3 Å². The molecule has 0 radical (unpaired) electrons. The lowest BCUT2D eigenvalue weighted by Gasteiger charge is -2.32. The van der Waals surface area contributed by atoms with Crippen LogP contribution in [-0.2, 0) is 21.3 Å². The summed E-state index contributed by atoms with van der Waals surface area (Å²) in [4.78, 5) is 5.58. The molecule has 1 aromatic carbocycles. The smallest absolute Gasteiger partial charge is 0.399 e. The van der Waals surface area contributed by atoms with Gasteiger partial charge in [-0.25, -0.2) is 4.98 Å². The van der Waals surface area contributed by atoms with Crippen LogP contribution in [0.1, 0.15) is 50.3 Å². The number of rotatable bonds is 2. The highest BCUT2D eigenvalue weighted by Crippen LogP contribution is 2.43. The minimum Gasteiger partial charge on any atom is -0.399 e. The van der Waals surface area contributed by atoms with Crippen LogP contribution >= 0.6 is 11.3 Å². The van der Waals surface area contributed by atoms with Crippen molar-refractivity contribution in [3.05, 3.63) is 45.9 Å². The van der Waals surface area contributed by atoms with Crippen LogP contribution in [0.2, 0.25) is 0 Å². The van der Waals surface area contributed by atoms with Gasteiger partial charge in [0.25, 0.3) is 0 Å². The number of aromatic nitrogens is 1. The monoisotopic (exact) mass is 343 g/mol. The summed E-state index contributed by atoms with van der Waals surface area (Å²) in [5.41, 5.74) is 2.66. The Morgan fingerprint density at radius 2 is 1.88 bits per heavy atom. The zero-order chi connectivity index (χ0) is 17.2. The summed E-state index contributed by atoms with van der Waals surface area (Å²) in [6.45, 7) is 8.18. The number of aryl methyl sites for hydroxylation is 1. The normalized spacial score (nSPS) is 27.5. The first-order chi connectivity index (χ1) is 11.2. The number of nitrogens with zero attached hydrogens (tertiary/aromatic N) is 1. The lowest BCUT2D eigenvalue weighted by Crippen LogP contribution is -2.41. The maximum atomic E-state index is 11.2. The van der Waals surface area contributed by atoms with Crippen molar-refractivity contribution >= 4 is 23.9 Å². The Labute approximate surface area is 147 Å². The van der Waals surface area contributed by atoms with Crippen LogP contribution in [0.5, 0.6) is 0 Å². The van der Waals surface area contributed by atoms with Crippen LogP contribution in [0.4, 0.5) is 0 Å². The molecule has 1 unspecified atom stereocenters. The molecule has 1 fully saturated rings. The minimum atomic E-state index is -1.00. The second-order valence-electron chi connectivity index (χ2n) is 7.70. The molecular formula is C18H22BNO3S. The fourth-order valence-corrected chi connectivity index (χ4v) is 4.24. The van der Waals surface area contributed by atoms with Crippen molar-refractivity contribution < 1.29 is 14.4 Å². The van der Waals surface area contributed by atoms with Crippen LogP contribution in [0, 0.1) is 0 Å². The van der Waals surface area contributed by atoms with Gasteiger partial charge in [-0.3, -0.25) is 0 Å². The molecular weight excluding hydrogens is 321 g/mol. The zero-order valence-electron chi connectivity index (χ0n) is 14.5. The molecule has 0 amide bonds. The number of aliphatic hydroxyl groups is 1. The summed E-state index contributed by atoms with van der Waals surface area (Å²) >= 11 is 1.62. The van der Waals surface area contributed by atoms with Gasteiger partial charge in [-0.05, 0) is 51.6 Å². The van der Waals surface area contributed by atoms with E-state index in [1.54, 1.807) is 11.3 Å². The van der Waals surface area contributed by atoms with E-state index in [0.29, 0.717) is 6.42 Å². The van der Waals surface area contributed by atoms with Gasteiger partial charge in [0.2, 0.25) is 0 Å². The number of hydrogen-bond acceptors (Lipinski definition) is 5. The molecule has 126 valence electrons. The summed E-state index contributed by atoms with van der Waals surface area (Å²) in [7, 11) is -0.421. The molecule has 4 nitrogen and oxygen atoms in total. The third-order valence-corrected chi connectivity index (χ3v) is 6.53. The minimum absolute atomic E-state index is 0.375. The van der Waals surface area contributed by atoms with Gasteiger partial charge >= 0.3 is 7.12 Å². The molecule has 6 heteroatoms. The standard InChI is InChI=1S/C18H22BNO3S/c1-16(2)17(3,4)23-19(22-16)13-7-5-6-12(10-13)18(21)9-8-14-15(18)20-11-24-14/h5-7,10-11,21H,8-9H2,1-4H3. The van der Waals surface area contributed by atoms with E-state index < -0.39 is 12.7 Å². The first-order valence-corrected chi connectivity index (χ1v) is 9.22. The van der Waals surface area contributed by atoms with Gasteiger partial charge in [-0.2, -0.15) is 0 Å². The van der Waals surface area contributed by atoms with E-state index in [9.17, 15) is 5.11 Å². The van der Waals surface area contributed by atoms with Crippen LogP contribution in [0.3, 0.4) is 0 Å². The summed E-state index contributed by atoms with van der Waals surface area (Å²) in [6.07, 6.45) is 1.55. The molecule has 2 heterocycles. The van der Waals surface area contributed by atoms with Crippen molar-refractivity contribution in [1.82, 2.24) is 4.98 Å². The highest BCUT2D eigenvalue weighted by molar-refractivity contribution is 7.09. The molecule has 1 aliphatic carbocycles. The van der Waals surface area contributed by atoms with Gasteiger partial charge in [0.05, 0.1) is 22.4 Å². The molecule has 1 aliphatic heterocycles. The molecule has 2 aliphatic rings. The highest BCUT2D eigenvalue weighted by atomic mass is 32.1. The van der Waals surface area contributed by atoms with Crippen molar-refractivity contribution in [2.75, 3.05) is 0 Å². The van der Waals surface area contributed by atoms with Crippen LogP contribution in [-0.4, -0.2) is 28.4 Å². The predicted molar refractivity (Wildman–Crippen MR) is 95.6 cm³/mol. The molecule has 2 aromatic rings. The van der Waals surface area contributed by atoms with Crippen molar-refractivity contribution in [2.45, 2.75) is 57.3 Å². The molecule has 0 saturated carbocycles. The Morgan fingerprint density at radius 1 is 1.17 bits per heavy atom. The maximum Gasteiger partial charge on any atom is 0.494 e. The Balaban J connectivity index is 1.69. The zero-order valence-corrected chi connectivity index (χ0v) is 15.3. The van der Waals surface area contributed by atoms with E-state index in [4.69, 9.17) is 9.31 Å². The second-order valence-corrected chi connectivity index (χ2v) is 8.64. The van der Waals surface area contributed by atoms with Gasteiger partial charge in [0.1, 0.15) is 5.60 Å². The van der Waals surface area contributed by atoms with Crippen LogP contribution in [0.25, 0.3) is 0 Å². The summed E-state index contributed by atoms with van der Waals surface area (Å²) < 4.78 is 12.3. The molecule has 0 bridgehead atoms. The second kappa shape index (κ2) is 5.15. The molecule has 1 aromatic heterocycles.